The van der Waals surface area contributed by atoms with Crippen LogP contribution in [0.3, 0.4) is 0 Å². The Morgan fingerprint density at radius 2 is 2.18 bits per heavy atom. The lowest BCUT2D eigenvalue weighted by Crippen LogP contribution is -2.04. The Morgan fingerprint density at radius 1 is 1.41 bits per heavy atom. The Kier molecular flexibility index (Phi) is 3.72. The molecule has 2 rings (SSSR count). The average Bonchev–Trinajstić information content (AvgIpc) is 2.58. The summed E-state index contributed by atoms with van der Waals surface area (Å²) in [7, 11) is 1.66. The molecule has 2 aromatic rings. The molecule has 0 saturated carbocycles. The topological polar surface area (TPSA) is 34.4 Å². The highest BCUT2D eigenvalue weighted by molar-refractivity contribution is 6.32. The molecule has 0 bridgehead atoms. The molecule has 1 N–H and O–H groups in total. The van der Waals surface area contributed by atoms with Crippen LogP contribution in [0.5, 0.6) is 0 Å². The molecule has 1 aromatic carbocycles. The highest BCUT2D eigenvalue weighted by Crippen LogP contribution is 2.30. The fraction of sp³-hybridized carbons (Fsp3) is 0.385. The first kappa shape index (κ1) is 12.4. The summed E-state index contributed by atoms with van der Waals surface area (Å²) in [4.78, 5) is 0. The quantitative estimate of drug-likeness (QED) is 0.909. The van der Waals surface area contributed by atoms with Gasteiger partial charge in [0.05, 0.1) is 13.2 Å². The van der Waals surface area contributed by atoms with E-state index in [2.05, 4.69) is 6.07 Å². The van der Waals surface area contributed by atoms with Gasteiger partial charge in [0, 0.05) is 30.1 Å². The summed E-state index contributed by atoms with van der Waals surface area (Å²) < 4.78 is 7.07. The van der Waals surface area contributed by atoms with Gasteiger partial charge in [-0.05, 0) is 18.6 Å². The lowest BCUT2D eigenvalue weighted by molar-refractivity contribution is 0.188. The van der Waals surface area contributed by atoms with Gasteiger partial charge in [0.1, 0.15) is 5.15 Å². The molecular formula is C13H16ClNO2. The molecule has 0 atom stereocenters. The zero-order chi connectivity index (χ0) is 12.4. The number of rotatable bonds is 4. The number of halogens is 1. The van der Waals surface area contributed by atoms with E-state index in [0.29, 0.717) is 18.3 Å². The van der Waals surface area contributed by atoms with E-state index in [1.54, 1.807) is 7.11 Å². The van der Waals surface area contributed by atoms with E-state index in [4.69, 9.17) is 16.3 Å². The third-order valence-electron chi connectivity index (χ3n) is 2.93. The number of fused-ring (bicyclic) bond motifs is 1. The van der Waals surface area contributed by atoms with Crippen LogP contribution in [-0.4, -0.2) is 23.4 Å². The second kappa shape index (κ2) is 5.08. The van der Waals surface area contributed by atoms with Gasteiger partial charge in [-0.2, -0.15) is 0 Å². The second-order valence-electron chi connectivity index (χ2n) is 4.09. The zero-order valence-electron chi connectivity index (χ0n) is 10.0. The SMILES string of the molecule is COCCn1c(Cl)c(CO)c2ccc(C)cc21. The molecule has 0 aliphatic rings. The minimum absolute atomic E-state index is 0.0433. The van der Waals surface area contributed by atoms with Crippen LogP contribution >= 0.6 is 11.6 Å². The number of methoxy groups -OCH3 is 1. The Hall–Kier alpha value is -1.03. The standard InChI is InChI=1S/C13H16ClNO2/c1-9-3-4-10-11(8-16)13(14)15(5-6-17-2)12(10)7-9/h3-4,7,16H,5-6,8H2,1-2H3. The summed E-state index contributed by atoms with van der Waals surface area (Å²) in [5.41, 5.74) is 3.02. The van der Waals surface area contributed by atoms with Crippen molar-refractivity contribution >= 4 is 22.5 Å². The summed E-state index contributed by atoms with van der Waals surface area (Å²) in [6.45, 7) is 3.29. The minimum Gasteiger partial charge on any atom is -0.392 e. The molecule has 3 nitrogen and oxygen atoms in total. The predicted octanol–water partition coefficient (Wildman–Crippen LogP) is 2.74. The van der Waals surface area contributed by atoms with Gasteiger partial charge in [-0.3, -0.25) is 0 Å². The number of aliphatic hydroxyl groups is 1. The molecule has 0 unspecified atom stereocenters. The van der Waals surface area contributed by atoms with Crippen molar-refractivity contribution in [3.63, 3.8) is 0 Å². The number of benzene rings is 1. The highest BCUT2D eigenvalue weighted by Gasteiger charge is 2.14. The smallest absolute Gasteiger partial charge is 0.115 e. The lowest BCUT2D eigenvalue weighted by Gasteiger charge is -2.06. The van der Waals surface area contributed by atoms with Crippen LogP contribution in [0.4, 0.5) is 0 Å². The van der Waals surface area contributed by atoms with Crippen LogP contribution in [0.2, 0.25) is 5.15 Å². The van der Waals surface area contributed by atoms with Crippen molar-refractivity contribution in [3.05, 3.63) is 34.5 Å². The number of nitrogens with zero attached hydrogens (tertiary/aromatic N) is 1. The molecule has 0 fully saturated rings. The molecule has 4 heteroatoms. The van der Waals surface area contributed by atoms with E-state index in [1.165, 1.54) is 5.56 Å². The van der Waals surface area contributed by atoms with Crippen molar-refractivity contribution in [1.82, 2.24) is 4.57 Å². The molecule has 17 heavy (non-hydrogen) atoms. The van der Waals surface area contributed by atoms with Gasteiger partial charge in [-0.15, -0.1) is 0 Å². The van der Waals surface area contributed by atoms with Gasteiger partial charge in [0.25, 0.3) is 0 Å². The van der Waals surface area contributed by atoms with E-state index in [-0.39, 0.29) is 6.61 Å². The largest absolute Gasteiger partial charge is 0.392 e. The molecule has 1 heterocycles. The minimum atomic E-state index is -0.0433. The maximum absolute atomic E-state index is 9.40. The van der Waals surface area contributed by atoms with Crippen molar-refractivity contribution in [3.8, 4) is 0 Å². The third-order valence-corrected chi connectivity index (χ3v) is 3.36. The Balaban J connectivity index is 2.62. The van der Waals surface area contributed by atoms with E-state index >= 15 is 0 Å². The van der Waals surface area contributed by atoms with Crippen LogP contribution in [0.15, 0.2) is 18.2 Å². The van der Waals surface area contributed by atoms with Gasteiger partial charge >= 0.3 is 0 Å². The van der Waals surface area contributed by atoms with Crippen molar-refractivity contribution in [1.29, 1.82) is 0 Å². The van der Waals surface area contributed by atoms with Crippen LogP contribution in [-0.2, 0) is 17.9 Å². The fourth-order valence-electron chi connectivity index (χ4n) is 2.05. The van der Waals surface area contributed by atoms with E-state index in [9.17, 15) is 5.11 Å². The molecule has 0 saturated heterocycles. The van der Waals surface area contributed by atoms with Gasteiger partial charge in [0.2, 0.25) is 0 Å². The number of aromatic nitrogens is 1. The number of hydrogen-bond donors (Lipinski definition) is 1. The number of aryl methyl sites for hydroxylation is 1. The van der Waals surface area contributed by atoms with E-state index in [0.717, 1.165) is 16.5 Å². The van der Waals surface area contributed by atoms with Crippen LogP contribution in [0.1, 0.15) is 11.1 Å². The summed E-state index contributed by atoms with van der Waals surface area (Å²) in [6.07, 6.45) is 0. The first-order chi connectivity index (χ1) is 8.19. The van der Waals surface area contributed by atoms with Gasteiger partial charge in [0.15, 0.2) is 0 Å². The van der Waals surface area contributed by atoms with Crippen molar-refractivity contribution in [2.24, 2.45) is 0 Å². The number of aliphatic hydroxyl groups excluding tert-OH is 1. The predicted molar refractivity (Wildman–Crippen MR) is 69.5 cm³/mol. The van der Waals surface area contributed by atoms with Crippen molar-refractivity contribution in [2.45, 2.75) is 20.1 Å². The molecule has 92 valence electrons. The first-order valence-electron chi connectivity index (χ1n) is 5.56. The van der Waals surface area contributed by atoms with E-state index < -0.39 is 0 Å². The Bertz CT molecular complexity index is 534. The van der Waals surface area contributed by atoms with E-state index in [1.807, 2.05) is 23.6 Å². The Labute approximate surface area is 106 Å². The average molecular weight is 254 g/mol. The normalized spacial score (nSPS) is 11.3. The van der Waals surface area contributed by atoms with Gasteiger partial charge in [-0.1, -0.05) is 23.7 Å². The van der Waals surface area contributed by atoms with Crippen molar-refractivity contribution in [2.75, 3.05) is 13.7 Å². The molecule has 0 radical (unpaired) electrons. The molecule has 0 aliphatic heterocycles. The summed E-state index contributed by atoms with van der Waals surface area (Å²) in [6, 6.07) is 6.11. The Morgan fingerprint density at radius 3 is 2.82 bits per heavy atom. The fourth-order valence-corrected chi connectivity index (χ4v) is 2.39. The van der Waals surface area contributed by atoms with Gasteiger partial charge in [-0.25, -0.2) is 0 Å². The number of hydrogen-bond acceptors (Lipinski definition) is 2. The first-order valence-corrected chi connectivity index (χ1v) is 5.94. The zero-order valence-corrected chi connectivity index (χ0v) is 10.8. The summed E-state index contributed by atoms with van der Waals surface area (Å²) in [5.74, 6) is 0. The second-order valence-corrected chi connectivity index (χ2v) is 4.45. The van der Waals surface area contributed by atoms with Crippen LogP contribution < -0.4 is 0 Å². The lowest BCUT2D eigenvalue weighted by atomic mass is 10.1. The number of ether oxygens (including phenoxy) is 1. The third kappa shape index (κ3) is 2.18. The van der Waals surface area contributed by atoms with Gasteiger partial charge < -0.3 is 14.4 Å². The summed E-state index contributed by atoms with van der Waals surface area (Å²) in [5, 5.41) is 11.0. The van der Waals surface area contributed by atoms with Crippen LogP contribution in [0, 0.1) is 6.92 Å². The monoisotopic (exact) mass is 253 g/mol. The molecule has 1 aromatic heterocycles. The highest BCUT2D eigenvalue weighted by atomic mass is 35.5. The molecule has 0 amide bonds. The van der Waals surface area contributed by atoms with Crippen molar-refractivity contribution < 1.29 is 9.84 Å². The summed E-state index contributed by atoms with van der Waals surface area (Å²) >= 11 is 6.29. The molecule has 0 spiro atoms. The maximum Gasteiger partial charge on any atom is 0.115 e. The molecular weight excluding hydrogens is 238 g/mol. The maximum atomic E-state index is 9.40. The molecule has 0 aliphatic carbocycles. The van der Waals surface area contributed by atoms with Crippen LogP contribution in [0.25, 0.3) is 10.9 Å².